The number of hydrogen-bond acceptors (Lipinski definition) is 3. The molecule has 0 spiro atoms. The molecule has 1 aliphatic carbocycles. The maximum Gasteiger partial charge on any atom is 0.240 e. The van der Waals surface area contributed by atoms with Gasteiger partial charge in [-0.25, -0.2) is 13.1 Å². The number of rotatable bonds is 6. The molecular weight excluding hydrogens is 284 g/mol. The Labute approximate surface area is 128 Å². The summed E-state index contributed by atoms with van der Waals surface area (Å²) < 4.78 is 27.6. The highest BCUT2D eigenvalue weighted by Crippen LogP contribution is 2.30. The molecule has 0 atom stereocenters. The minimum Gasteiger partial charge on any atom is -0.326 e. The number of hydrogen-bond donors (Lipinski definition) is 2. The van der Waals surface area contributed by atoms with Crippen LogP contribution in [-0.4, -0.2) is 15.0 Å². The lowest BCUT2D eigenvalue weighted by Crippen LogP contribution is -2.32. The highest BCUT2D eigenvalue weighted by atomic mass is 32.2. The average Bonchev–Trinajstić information content (AvgIpc) is 2.53. The molecule has 1 aromatic rings. The lowest BCUT2D eigenvalue weighted by molar-refractivity contribution is 0.270. The van der Waals surface area contributed by atoms with Crippen molar-refractivity contribution in [2.24, 2.45) is 17.6 Å². The molecule has 2 rings (SSSR count). The van der Waals surface area contributed by atoms with Gasteiger partial charge in [-0.1, -0.05) is 44.4 Å². The molecule has 21 heavy (non-hydrogen) atoms. The third kappa shape index (κ3) is 4.28. The molecule has 118 valence electrons. The van der Waals surface area contributed by atoms with Crippen LogP contribution in [0.2, 0.25) is 0 Å². The van der Waals surface area contributed by atoms with Crippen LogP contribution >= 0.6 is 0 Å². The Hall–Kier alpha value is -0.910. The molecule has 1 saturated carbocycles. The Bertz CT molecular complexity index is 549. The molecule has 4 nitrogen and oxygen atoms in total. The number of benzene rings is 1. The minimum absolute atomic E-state index is 0.235. The fourth-order valence-electron chi connectivity index (χ4n) is 3.08. The zero-order valence-electron chi connectivity index (χ0n) is 12.7. The first kappa shape index (κ1) is 16.5. The summed E-state index contributed by atoms with van der Waals surface area (Å²) >= 11 is 0. The second-order valence-electron chi connectivity index (χ2n) is 5.96. The van der Waals surface area contributed by atoms with Crippen LogP contribution in [0, 0.1) is 11.8 Å². The van der Waals surface area contributed by atoms with Crippen LogP contribution < -0.4 is 10.5 Å². The van der Waals surface area contributed by atoms with Gasteiger partial charge in [0.05, 0.1) is 4.90 Å². The summed E-state index contributed by atoms with van der Waals surface area (Å²) in [5, 5.41) is 0. The maximum atomic E-state index is 12.4. The molecule has 0 bridgehead atoms. The summed E-state index contributed by atoms with van der Waals surface area (Å²) in [6.45, 7) is 3.01. The van der Waals surface area contributed by atoms with Crippen molar-refractivity contribution in [2.45, 2.75) is 50.5 Å². The van der Waals surface area contributed by atoms with Crippen molar-refractivity contribution < 1.29 is 8.42 Å². The van der Waals surface area contributed by atoms with E-state index in [1.54, 1.807) is 18.2 Å². The molecule has 0 aliphatic heterocycles. The van der Waals surface area contributed by atoms with E-state index in [-0.39, 0.29) is 6.54 Å². The highest BCUT2D eigenvalue weighted by Gasteiger charge is 2.23. The molecule has 1 aromatic carbocycles. The monoisotopic (exact) mass is 310 g/mol. The van der Waals surface area contributed by atoms with E-state index in [1.807, 2.05) is 6.07 Å². The Kier molecular flexibility index (Phi) is 5.79. The topological polar surface area (TPSA) is 72.2 Å². The van der Waals surface area contributed by atoms with Gasteiger partial charge in [-0.2, -0.15) is 0 Å². The van der Waals surface area contributed by atoms with Crippen molar-refractivity contribution in [1.82, 2.24) is 4.72 Å². The zero-order valence-corrected chi connectivity index (χ0v) is 13.5. The van der Waals surface area contributed by atoms with Crippen molar-refractivity contribution in [1.29, 1.82) is 0 Å². The SMILES string of the molecule is CCC1CCC(CNS(=O)(=O)c2ccccc2CN)CC1. The molecule has 0 heterocycles. The molecule has 0 aromatic heterocycles. The molecular formula is C16H26N2O2S. The lowest BCUT2D eigenvalue weighted by atomic mass is 9.81. The van der Waals surface area contributed by atoms with Crippen LogP contribution in [0.3, 0.4) is 0 Å². The van der Waals surface area contributed by atoms with Crippen molar-refractivity contribution in [2.75, 3.05) is 6.54 Å². The fraction of sp³-hybridized carbons (Fsp3) is 0.625. The van der Waals surface area contributed by atoms with E-state index in [9.17, 15) is 8.42 Å². The molecule has 3 N–H and O–H groups in total. The van der Waals surface area contributed by atoms with Gasteiger partial charge >= 0.3 is 0 Å². The van der Waals surface area contributed by atoms with Crippen LogP contribution in [0.25, 0.3) is 0 Å². The lowest BCUT2D eigenvalue weighted by Gasteiger charge is -2.27. The van der Waals surface area contributed by atoms with Crippen LogP contribution in [0.15, 0.2) is 29.2 Å². The smallest absolute Gasteiger partial charge is 0.240 e. The van der Waals surface area contributed by atoms with Gasteiger partial charge < -0.3 is 5.73 Å². The molecule has 1 aliphatic rings. The van der Waals surface area contributed by atoms with Gasteiger partial charge in [0.2, 0.25) is 10.0 Å². The Balaban J connectivity index is 1.96. The summed E-state index contributed by atoms with van der Waals surface area (Å²) in [7, 11) is -3.45. The van der Waals surface area contributed by atoms with Crippen molar-refractivity contribution in [3.63, 3.8) is 0 Å². The van der Waals surface area contributed by atoms with E-state index < -0.39 is 10.0 Å². The van der Waals surface area contributed by atoms with Gasteiger partial charge in [0.25, 0.3) is 0 Å². The summed E-state index contributed by atoms with van der Waals surface area (Å²) in [5.74, 6) is 1.29. The summed E-state index contributed by atoms with van der Waals surface area (Å²) in [6.07, 6.45) is 5.94. The van der Waals surface area contributed by atoms with Crippen LogP contribution in [0.1, 0.15) is 44.6 Å². The summed E-state index contributed by atoms with van der Waals surface area (Å²) in [6, 6.07) is 6.94. The number of nitrogens with one attached hydrogen (secondary N) is 1. The van der Waals surface area contributed by atoms with Crippen LogP contribution in [0.5, 0.6) is 0 Å². The van der Waals surface area contributed by atoms with E-state index in [0.717, 1.165) is 18.8 Å². The zero-order chi connectivity index (χ0) is 15.3. The average molecular weight is 310 g/mol. The van der Waals surface area contributed by atoms with E-state index in [1.165, 1.54) is 19.3 Å². The highest BCUT2D eigenvalue weighted by molar-refractivity contribution is 7.89. The van der Waals surface area contributed by atoms with Gasteiger partial charge in [-0.05, 0) is 36.3 Å². The quantitative estimate of drug-likeness (QED) is 0.848. The standard InChI is InChI=1S/C16H26N2O2S/c1-2-13-7-9-14(10-8-13)12-18-21(19,20)16-6-4-3-5-15(16)11-17/h3-6,13-14,18H,2,7-12,17H2,1H3. The Morgan fingerprint density at radius 3 is 2.38 bits per heavy atom. The van der Waals surface area contributed by atoms with E-state index in [2.05, 4.69) is 11.6 Å². The van der Waals surface area contributed by atoms with Gasteiger partial charge in [0, 0.05) is 13.1 Å². The van der Waals surface area contributed by atoms with Crippen LogP contribution in [0.4, 0.5) is 0 Å². The molecule has 0 amide bonds. The first-order valence-corrected chi connectivity index (χ1v) is 9.32. The maximum absolute atomic E-state index is 12.4. The Morgan fingerprint density at radius 2 is 1.76 bits per heavy atom. The van der Waals surface area contributed by atoms with Crippen molar-refractivity contribution >= 4 is 10.0 Å². The number of sulfonamides is 1. The fourth-order valence-corrected chi connectivity index (χ4v) is 4.45. The second kappa shape index (κ2) is 7.38. The summed E-state index contributed by atoms with van der Waals surface area (Å²) in [4.78, 5) is 0.315. The molecule has 0 unspecified atom stereocenters. The normalized spacial score (nSPS) is 23.1. The molecule has 1 fully saturated rings. The third-order valence-corrected chi connectivity index (χ3v) is 6.11. The first-order chi connectivity index (χ1) is 10.1. The second-order valence-corrected chi connectivity index (χ2v) is 7.69. The molecule has 5 heteroatoms. The van der Waals surface area contributed by atoms with Gasteiger partial charge in [-0.15, -0.1) is 0 Å². The first-order valence-electron chi connectivity index (χ1n) is 7.84. The van der Waals surface area contributed by atoms with E-state index >= 15 is 0 Å². The predicted molar refractivity (Wildman–Crippen MR) is 85.3 cm³/mol. The third-order valence-electron chi connectivity index (χ3n) is 4.59. The van der Waals surface area contributed by atoms with Crippen molar-refractivity contribution in [3.05, 3.63) is 29.8 Å². The predicted octanol–water partition coefficient (Wildman–Crippen LogP) is 2.64. The van der Waals surface area contributed by atoms with Gasteiger partial charge in [0.15, 0.2) is 0 Å². The van der Waals surface area contributed by atoms with Crippen LogP contribution in [-0.2, 0) is 16.6 Å². The minimum atomic E-state index is -3.45. The summed E-state index contributed by atoms with van der Waals surface area (Å²) in [5.41, 5.74) is 6.29. The number of nitrogens with two attached hydrogens (primary N) is 1. The Morgan fingerprint density at radius 1 is 1.14 bits per heavy atom. The van der Waals surface area contributed by atoms with Gasteiger partial charge in [-0.3, -0.25) is 0 Å². The van der Waals surface area contributed by atoms with E-state index in [0.29, 0.717) is 22.9 Å². The molecule has 0 saturated heterocycles. The largest absolute Gasteiger partial charge is 0.326 e. The van der Waals surface area contributed by atoms with Crippen molar-refractivity contribution in [3.8, 4) is 0 Å². The van der Waals surface area contributed by atoms with Gasteiger partial charge in [0.1, 0.15) is 0 Å². The molecule has 0 radical (unpaired) electrons. The van der Waals surface area contributed by atoms with E-state index in [4.69, 9.17) is 5.73 Å².